The van der Waals surface area contributed by atoms with Gasteiger partial charge in [0.05, 0.1) is 12.6 Å². The fraction of sp³-hybridized carbons (Fsp3) is 0.471. The van der Waals surface area contributed by atoms with Gasteiger partial charge in [-0.15, -0.1) is 0 Å². The Balaban J connectivity index is 1.53. The molecule has 1 atom stereocenters. The zero-order valence-electron chi connectivity index (χ0n) is 12.6. The highest BCUT2D eigenvalue weighted by Crippen LogP contribution is 2.19. The Hall–Kier alpha value is -1.81. The van der Waals surface area contributed by atoms with E-state index in [9.17, 15) is 0 Å². The summed E-state index contributed by atoms with van der Waals surface area (Å²) in [6.45, 7) is 6.66. The Bertz CT molecular complexity index is 557. The molecule has 0 N–H and O–H groups in total. The lowest BCUT2D eigenvalue weighted by Gasteiger charge is -2.33. The van der Waals surface area contributed by atoms with Crippen LogP contribution >= 0.6 is 0 Å². The van der Waals surface area contributed by atoms with E-state index in [1.165, 1.54) is 31.5 Å². The normalized spacial score (nSPS) is 20.8. The number of likely N-dealkylation sites (tertiary alicyclic amines) is 1. The van der Waals surface area contributed by atoms with Crippen LogP contribution in [0.15, 0.2) is 47.1 Å². The third-order valence-corrected chi connectivity index (χ3v) is 4.04. The van der Waals surface area contributed by atoms with Gasteiger partial charge in [-0.2, -0.15) is 0 Å². The molecule has 1 aliphatic rings. The summed E-state index contributed by atoms with van der Waals surface area (Å²) in [5.74, 6) is 1.67. The van der Waals surface area contributed by atoms with E-state index in [2.05, 4.69) is 33.6 Å². The van der Waals surface area contributed by atoms with E-state index in [0.29, 0.717) is 0 Å². The third kappa shape index (κ3) is 4.08. The smallest absolute Gasteiger partial charge is 0.126 e. The second-order valence-electron chi connectivity index (χ2n) is 6.01. The van der Waals surface area contributed by atoms with Crippen LogP contribution in [0.25, 0.3) is 6.08 Å². The van der Waals surface area contributed by atoms with E-state index >= 15 is 0 Å². The van der Waals surface area contributed by atoms with E-state index < -0.39 is 0 Å². The molecule has 4 heteroatoms. The van der Waals surface area contributed by atoms with Crippen LogP contribution in [0, 0.1) is 5.92 Å². The topological polar surface area (TPSA) is 34.2 Å². The van der Waals surface area contributed by atoms with Crippen LogP contribution in [-0.2, 0) is 6.54 Å². The van der Waals surface area contributed by atoms with Crippen molar-refractivity contribution in [1.82, 2.24) is 14.5 Å². The number of furan rings is 1. The van der Waals surface area contributed by atoms with Crippen molar-refractivity contribution in [2.75, 3.05) is 19.6 Å². The number of rotatable bonds is 5. The minimum absolute atomic E-state index is 0.726. The monoisotopic (exact) mass is 285 g/mol. The molecular formula is C17H23N3O. The van der Waals surface area contributed by atoms with Gasteiger partial charge in [0, 0.05) is 32.0 Å². The first-order valence-corrected chi connectivity index (χ1v) is 7.68. The van der Waals surface area contributed by atoms with Gasteiger partial charge in [-0.05, 0) is 50.4 Å². The second kappa shape index (κ2) is 6.76. The molecule has 1 fully saturated rings. The molecular weight excluding hydrogens is 262 g/mol. The average molecular weight is 285 g/mol. The summed E-state index contributed by atoms with van der Waals surface area (Å²) in [5, 5.41) is 0. The number of imidazole rings is 1. The number of piperidine rings is 1. The molecule has 3 rings (SSSR count). The first-order valence-electron chi connectivity index (χ1n) is 7.68. The predicted octanol–water partition coefficient (Wildman–Crippen LogP) is 3.29. The first kappa shape index (κ1) is 14.1. The summed E-state index contributed by atoms with van der Waals surface area (Å²) in [6.07, 6.45) is 12.3. The van der Waals surface area contributed by atoms with Crippen molar-refractivity contribution in [1.29, 1.82) is 0 Å². The molecule has 2 aromatic heterocycles. The summed E-state index contributed by atoms with van der Waals surface area (Å²) in [6, 6.07) is 3.93. The molecule has 3 heterocycles. The Labute approximate surface area is 126 Å². The van der Waals surface area contributed by atoms with Gasteiger partial charge in [-0.1, -0.05) is 5.57 Å². The number of hydrogen-bond acceptors (Lipinski definition) is 3. The summed E-state index contributed by atoms with van der Waals surface area (Å²) in [5.41, 5.74) is 1.35. The minimum Gasteiger partial charge on any atom is -0.465 e. The van der Waals surface area contributed by atoms with E-state index in [1.807, 2.05) is 24.7 Å². The lowest BCUT2D eigenvalue weighted by atomic mass is 9.97. The van der Waals surface area contributed by atoms with Gasteiger partial charge in [-0.25, -0.2) is 4.98 Å². The highest BCUT2D eigenvalue weighted by Gasteiger charge is 2.20. The maximum atomic E-state index is 5.38. The highest BCUT2D eigenvalue weighted by atomic mass is 16.3. The largest absolute Gasteiger partial charge is 0.465 e. The van der Waals surface area contributed by atoms with E-state index in [0.717, 1.165) is 24.8 Å². The maximum Gasteiger partial charge on any atom is 0.126 e. The Morgan fingerprint density at radius 2 is 2.48 bits per heavy atom. The molecule has 112 valence electrons. The van der Waals surface area contributed by atoms with Crippen molar-refractivity contribution < 1.29 is 4.42 Å². The molecule has 0 amide bonds. The summed E-state index contributed by atoms with van der Waals surface area (Å²) in [7, 11) is 0. The Morgan fingerprint density at radius 1 is 1.52 bits per heavy atom. The molecule has 0 saturated carbocycles. The van der Waals surface area contributed by atoms with Gasteiger partial charge in [-0.3, -0.25) is 4.90 Å². The van der Waals surface area contributed by atoms with Gasteiger partial charge in [0.25, 0.3) is 0 Å². The lowest BCUT2D eigenvalue weighted by molar-refractivity contribution is 0.174. The van der Waals surface area contributed by atoms with Crippen LogP contribution in [-0.4, -0.2) is 34.1 Å². The maximum absolute atomic E-state index is 5.38. The zero-order chi connectivity index (χ0) is 14.5. The molecule has 0 radical (unpaired) electrons. The quantitative estimate of drug-likeness (QED) is 0.845. The molecule has 2 aromatic rings. The molecule has 0 bridgehead atoms. The molecule has 0 spiro atoms. The Kier molecular flexibility index (Phi) is 4.55. The molecule has 0 aliphatic carbocycles. The van der Waals surface area contributed by atoms with Crippen molar-refractivity contribution in [3.63, 3.8) is 0 Å². The van der Waals surface area contributed by atoms with Gasteiger partial charge < -0.3 is 8.98 Å². The number of hydrogen-bond donors (Lipinski definition) is 0. The lowest BCUT2D eigenvalue weighted by Crippen LogP contribution is -2.37. The second-order valence-corrected chi connectivity index (χ2v) is 6.01. The molecule has 1 saturated heterocycles. The average Bonchev–Trinajstić information content (AvgIpc) is 3.12. The highest BCUT2D eigenvalue weighted by molar-refractivity contribution is 5.46. The van der Waals surface area contributed by atoms with E-state index in [1.54, 1.807) is 6.26 Å². The fourth-order valence-corrected chi connectivity index (χ4v) is 3.15. The molecule has 4 nitrogen and oxygen atoms in total. The summed E-state index contributed by atoms with van der Waals surface area (Å²) < 4.78 is 7.57. The SMILES string of the molecule is C/C(=C\c1ccco1)CN1CCCC(Cn2ccnc2)C1. The fourth-order valence-electron chi connectivity index (χ4n) is 3.15. The van der Waals surface area contributed by atoms with Crippen molar-refractivity contribution in [2.24, 2.45) is 5.92 Å². The van der Waals surface area contributed by atoms with Crippen LogP contribution in [0.4, 0.5) is 0 Å². The van der Waals surface area contributed by atoms with Gasteiger partial charge in [0.15, 0.2) is 0 Å². The number of aromatic nitrogens is 2. The van der Waals surface area contributed by atoms with Gasteiger partial charge >= 0.3 is 0 Å². The van der Waals surface area contributed by atoms with Crippen molar-refractivity contribution in [3.8, 4) is 0 Å². The molecule has 21 heavy (non-hydrogen) atoms. The van der Waals surface area contributed by atoms with E-state index in [4.69, 9.17) is 4.42 Å². The summed E-state index contributed by atoms with van der Waals surface area (Å²) >= 11 is 0. The van der Waals surface area contributed by atoms with Crippen molar-refractivity contribution in [2.45, 2.75) is 26.3 Å². The number of nitrogens with zero attached hydrogens (tertiary/aromatic N) is 3. The minimum atomic E-state index is 0.726. The van der Waals surface area contributed by atoms with Crippen LogP contribution in [0.1, 0.15) is 25.5 Å². The first-order chi connectivity index (χ1) is 10.3. The van der Waals surface area contributed by atoms with Crippen molar-refractivity contribution in [3.05, 3.63) is 48.5 Å². The van der Waals surface area contributed by atoms with Gasteiger partial charge in [0.2, 0.25) is 0 Å². The molecule has 1 unspecified atom stereocenters. The van der Waals surface area contributed by atoms with Crippen LogP contribution in [0.2, 0.25) is 0 Å². The molecule has 1 aliphatic heterocycles. The zero-order valence-corrected chi connectivity index (χ0v) is 12.6. The summed E-state index contributed by atoms with van der Waals surface area (Å²) in [4.78, 5) is 6.68. The van der Waals surface area contributed by atoms with Gasteiger partial charge in [0.1, 0.15) is 5.76 Å². The van der Waals surface area contributed by atoms with Crippen LogP contribution < -0.4 is 0 Å². The van der Waals surface area contributed by atoms with Crippen molar-refractivity contribution >= 4 is 6.08 Å². The third-order valence-electron chi connectivity index (χ3n) is 4.04. The standard InChI is InChI=1S/C17H23N3O/c1-15(10-17-5-3-9-21-17)11-19-7-2-4-16(12-19)13-20-8-6-18-14-20/h3,5-6,8-10,14,16H,2,4,7,11-13H2,1H3/b15-10+. The Morgan fingerprint density at radius 3 is 3.24 bits per heavy atom. The van der Waals surface area contributed by atoms with Crippen LogP contribution in [0.3, 0.4) is 0 Å². The van der Waals surface area contributed by atoms with Crippen LogP contribution in [0.5, 0.6) is 0 Å². The predicted molar refractivity (Wildman–Crippen MR) is 83.8 cm³/mol. The van der Waals surface area contributed by atoms with E-state index in [-0.39, 0.29) is 0 Å². The molecule has 0 aromatic carbocycles.